The first kappa shape index (κ1) is 74.6. The molecule has 4 N–H and O–H groups in total. The smallest absolute Gasteiger partial charge is 0.744 e. The number of fused-ring (bicyclic) bond motifs is 6. The average molecular weight is 1390 g/mol. The van der Waals surface area contributed by atoms with Gasteiger partial charge in [0.05, 0.1) is 19.6 Å². The molecule has 21 nitrogen and oxygen atoms in total. The Bertz CT molecular complexity index is 5060. The van der Waals surface area contributed by atoms with Gasteiger partial charge in [-0.25, -0.2) is 25.3 Å². The van der Waals surface area contributed by atoms with Crippen molar-refractivity contribution in [1.29, 1.82) is 0 Å². The Balaban J connectivity index is 0.000000196. The second-order valence-corrected chi connectivity index (χ2v) is 28.0. The van der Waals surface area contributed by atoms with E-state index in [9.17, 15) is 72.6 Å². The monoisotopic (exact) mass is 1390 g/mol. The standard InChI is InChI=1S/C10H8O6S2.5C10H8O3S.Ca.Na/c11-17(12,13)9-6-5-7-3-1-2-4-8(7)10(9)18(14,15)16;3*11-14(12,13)10-7-3-5-8-4-1-2-6-9(8)10;2*11-14(12,13)10-6-5-8-3-1-2-4-9(8)7-10;;/h1-6H,(H,11,12,13)(H,14,15,16);5*1-7H,(H,11,12,13);;/q;;;;;;+2;+1/p-3. The van der Waals surface area contributed by atoms with Crippen LogP contribution in [-0.4, -0.2) is 129 Å². The molecule has 0 radical (unpaired) electrons. The summed E-state index contributed by atoms with van der Waals surface area (Å²) in [6.07, 6.45) is 0. The van der Waals surface area contributed by atoms with Crippen molar-refractivity contribution in [2.45, 2.75) is 34.3 Å². The summed E-state index contributed by atoms with van der Waals surface area (Å²) in [5, 5.41) is 7.66. The summed E-state index contributed by atoms with van der Waals surface area (Å²) in [5.41, 5.74) is 0. The SMILES string of the molecule is O=S(=O)(O)c1ccc2ccccc2c1.O=S(=O)(O)c1ccc2ccccc2c1S(=O)(=O)O.O=S(=O)(O)c1cccc2ccccc12.O=S(=O)([O-])c1ccc2ccccc2c1.O=S(=O)([O-])c1cccc2ccccc12.O=S(=O)([O-])c1cccc2ccccc12.[Ca+2].[Na+]. The number of rotatable bonds is 7. The maximum Gasteiger partial charge on any atom is 2.00 e. The molecule has 0 amide bonds. The van der Waals surface area contributed by atoms with E-state index in [1.807, 2.05) is 36.4 Å². The number of benzene rings is 12. The first-order valence-electron chi connectivity index (χ1n) is 24.8. The molecular formula is C60H45CaNaO21S7. The number of hydrogen-bond acceptors (Lipinski definition) is 17. The van der Waals surface area contributed by atoms with E-state index in [1.54, 1.807) is 146 Å². The third kappa shape index (κ3) is 20.2. The van der Waals surface area contributed by atoms with Crippen LogP contribution in [0, 0.1) is 0 Å². The number of hydrogen-bond donors (Lipinski definition) is 4. The Morgan fingerprint density at radius 1 is 0.233 bits per heavy atom. The molecule has 0 heterocycles. The van der Waals surface area contributed by atoms with Crippen molar-refractivity contribution in [2.24, 2.45) is 0 Å². The van der Waals surface area contributed by atoms with Gasteiger partial charge in [0.1, 0.15) is 45.0 Å². The maximum absolute atomic E-state index is 11.3. The van der Waals surface area contributed by atoms with Gasteiger partial charge in [0.2, 0.25) is 0 Å². The molecule has 0 aliphatic rings. The van der Waals surface area contributed by atoms with Crippen LogP contribution in [0.2, 0.25) is 0 Å². The molecule has 0 aliphatic carbocycles. The normalized spacial score (nSPS) is 11.7. The largest absolute Gasteiger partial charge is 2.00 e. The molecule has 0 atom stereocenters. The van der Waals surface area contributed by atoms with E-state index in [-0.39, 0.29) is 97.2 Å². The van der Waals surface area contributed by atoms with E-state index >= 15 is 0 Å². The van der Waals surface area contributed by atoms with Crippen molar-refractivity contribution < 1.29 is 120 Å². The van der Waals surface area contributed by atoms with Gasteiger partial charge in [-0.3, -0.25) is 18.2 Å². The molecule has 456 valence electrons. The summed E-state index contributed by atoms with van der Waals surface area (Å²) in [6.45, 7) is 0. The van der Waals surface area contributed by atoms with Crippen LogP contribution in [0.4, 0.5) is 0 Å². The Morgan fingerprint density at radius 2 is 0.511 bits per heavy atom. The molecule has 0 aliphatic heterocycles. The van der Waals surface area contributed by atoms with Crippen LogP contribution in [0.25, 0.3) is 64.6 Å². The molecule has 0 aromatic heterocycles. The van der Waals surface area contributed by atoms with Crippen molar-refractivity contribution in [3.63, 3.8) is 0 Å². The minimum atomic E-state index is -4.78. The topological polar surface area (TPSA) is 389 Å². The Kier molecular flexibility index (Phi) is 25.7. The zero-order chi connectivity index (χ0) is 64.5. The molecular weight excluding hydrogens is 1340 g/mol. The second kappa shape index (κ2) is 31.0. The Morgan fingerprint density at radius 3 is 0.856 bits per heavy atom. The first-order valence-corrected chi connectivity index (χ1v) is 34.8. The maximum atomic E-state index is 11.3. The van der Waals surface area contributed by atoms with E-state index in [0.717, 1.165) is 43.8 Å². The van der Waals surface area contributed by atoms with Gasteiger partial charge in [0.15, 0.2) is 0 Å². The summed E-state index contributed by atoms with van der Waals surface area (Å²) >= 11 is 0. The minimum Gasteiger partial charge on any atom is -0.744 e. The van der Waals surface area contributed by atoms with Gasteiger partial charge in [-0.2, -0.15) is 33.7 Å². The van der Waals surface area contributed by atoms with Crippen LogP contribution in [0.5, 0.6) is 0 Å². The molecule has 0 saturated carbocycles. The molecule has 0 spiro atoms. The van der Waals surface area contributed by atoms with Gasteiger partial charge in [-0.05, 0) is 102 Å². The Labute approximate surface area is 570 Å². The first-order chi connectivity index (χ1) is 41.1. The summed E-state index contributed by atoms with van der Waals surface area (Å²) < 4.78 is 222. The van der Waals surface area contributed by atoms with Crippen LogP contribution in [0.1, 0.15) is 0 Å². The predicted octanol–water partition coefficient (Wildman–Crippen LogP) is 7.36. The second-order valence-electron chi connectivity index (χ2n) is 18.3. The molecule has 12 aromatic carbocycles. The van der Waals surface area contributed by atoms with Crippen molar-refractivity contribution in [2.75, 3.05) is 0 Å². The van der Waals surface area contributed by atoms with Crippen molar-refractivity contribution in [3.05, 3.63) is 249 Å². The van der Waals surface area contributed by atoms with Crippen LogP contribution in [0.3, 0.4) is 0 Å². The van der Waals surface area contributed by atoms with Crippen LogP contribution >= 0.6 is 0 Å². The van der Waals surface area contributed by atoms with E-state index in [2.05, 4.69) is 0 Å². The fourth-order valence-electron chi connectivity index (χ4n) is 8.59. The zero-order valence-corrected chi connectivity index (χ0v) is 56.4. The van der Waals surface area contributed by atoms with E-state index in [1.165, 1.54) is 60.7 Å². The molecule has 30 heteroatoms. The summed E-state index contributed by atoms with van der Waals surface area (Å²) in [5.74, 6) is 0. The van der Waals surface area contributed by atoms with Gasteiger partial charge in [-0.15, -0.1) is 0 Å². The third-order valence-electron chi connectivity index (χ3n) is 12.5. The molecule has 12 rings (SSSR count). The van der Waals surface area contributed by atoms with Crippen LogP contribution in [-0.2, 0) is 70.8 Å². The average Bonchev–Trinajstić information content (AvgIpc) is 0.990. The quantitative estimate of drug-likeness (QED) is 0.0893. The van der Waals surface area contributed by atoms with Gasteiger partial charge in [-0.1, -0.05) is 200 Å². The van der Waals surface area contributed by atoms with E-state index in [0.29, 0.717) is 21.5 Å². The van der Waals surface area contributed by atoms with Gasteiger partial charge in [0, 0.05) is 10.8 Å². The van der Waals surface area contributed by atoms with E-state index < -0.39 is 80.6 Å². The van der Waals surface area contributed by atoms with Crippen LogP contribution < -0.4 is 29.6 Å². The zero-order valence-electron chi connectivity index (χ0n) is 46.5. The van der Waals surface area contributed by atoms with Crippen molar-refractivity contribution >= 4 is 173 Å². The van der Waals surface area contributed by atoms with Gasteiger partial charge < -0.3 is 13.7 Å². The minimum absolute atomic E-state index is 0. The molecule has 90 heavy (non-hydrogen) atoms. The summed E-state index contributed by atoms with van der Waals surface area (Å²) in [4.78, 5) is -2.28. The molecule has 0 saturated heterocycles. The summed E-state index contributed by atoms with van der Waals surface area (Å²) in [6, 6.07) is 66.6. The molecule has 12 aromatic rings. The van der Waals surface area contributed by atoms with E-state index in [4.69, 9.17) is 18.2 Å². The van der Waals surface area contributed by atoms with Crippen molar-refractivity contribution in [1.82, 2.24) is 0 Å². The fraction of sp³-hybridized carbons (Fsp3) is 0. The predicted molar refractivity (Wildman–Crippen MR) is 333 cm³/mol. The van der Waals surface area contributed by atoms with Gasteiger partial charge in [0.25, 0.3) is 40.5 Å². The molecule has 0 bridgehead atoms. The molecule has 0 fully saturated rings. The van der Waals surface area contributed by atoms with Crippen LogP contribution in [0.15, 0.2) is 283 Å². The fourth-order valence-corrected chi connectivity index (χ4v) is 13.7. The van der Waals surface area contributed by atoms with Gasteiger partial charge >= 0.3 is 67.3 Å². The Hall–Kier alpha value is -6.17. The molecule has 0 unspecified atom stereocenters. The van der Waals surface area contributed by atoms with Crippen molar-refractivity contribution in [3.8, 4) is 0 Å². The summed E-state index contributed by atoms with van der Waals surface area (Å²) in [7, 11) is -30.9. The third-order valence-corrected chi connectivity index (χ3v) is 18.8.